The molecule has 0 amide bonds. The molecule has 1 heterocycles. The molecule has 0 atom stereocenters. The molecule has 1 aromatic carbocycles. The van der Waals surface area contributed by atoms with E-state index in [1.807, 2.05) is 5.38 Å². The highest BCUT2D eigenvalue weighted by Crippen LogP contribution is 2.19. The molecular weight excluding hydrogens is 239 g/mol. The number of anilines is 1. The van der Waals surface area contributed by atoms with Crippen molar-refractivity contribution in [1.82, 2.24) is 4.98 Å². The van der Waals surface area contributed by atoms with Gasteiger partial charge >= 0.3 is 0 Å². The van der Waals surface area contributed by atoms with E-state index < -0.39 is 0 Å². The predicted octanol–water partition coefficient (Wildman–Crippen LogP) is 3.04. The van der Waals surface area contributed by atoms with Gasteiger partial charge in [-0.05, 0) is 23.8 Å². The summed E-state index contributed by atoms with van der Waals surface area (Å²) in [5, 5.41) is 2.36. The highest BCUT2D eigenvalue weighted by atomic mass is 32.1. The number of methoxy groups -OCH3 is 1. The summed E-state index contributed by atoms with van der Waals surface area (Å²) in [6, 6.07) is 4.77. The standard InChI is InChI=1S/C12H11FN2OS/c1-16-11-5-3-8(6-10(11)13)2-4-9-7-17-12(14)15-9/h2-7H,1H3,(H2,14,15). The first kappa shape index (κ1) is 11.6. The summed E-state index contributed by atoms with van der Waals surface area (Å²) in [4.78, 5) is 4.07. The van der Waals surface area contributed by atoms with Crippen molar-refractivity contribution in [3.63, 3.8) is 0 Å². The third-order valence-electron chi connectivity index (χ3n) is 2.16. The number of halogens is 1. The molecule has 0 aliphatic heterocycles. The SMILES string of the molecule is COc1ccc(C=Cc2csc(N)n2)cc1F. The molecule has 0 bridgehead atoms. The normalized spacial score (nSPS) is 10.9. The van der Waals surface area contributed by atoms with Crippen LogP contribution in [0.1, 0.15) is 11.3 Å². The molecule has 2 rings (SSSR count). The van der Waals surface area contributed by atoms with Crippen molar-refractivity contribution in [3.8, 4) is 5.75 Å². The number of hydrogen-bond acceptors (Lipinski definition) is 4. The maximum atomic E-state index is 13.4. The smallest absolute Gasteiger partial charge is 0.180 e. The predicted molar refractivity (Wildman–Crippen MR) is 68.4 cm³/mol. The Morgan fingerprint density at radius 3 is 2.82 bits per heavy atom. The van der Waals surface area contributed by atoms with E-state index in [2.05, 4.69) is 4.98 Å². The first-order chi connectivity index (χ1) is 8.19. The van der Waals surface area contributed by atoms with Crippen molar-refractivity contribution in [2.75, 3.05) is 12.8 Å². The summed E-state index contributed by atoms with van der Waals surface area (Å²) in [5.41, 5.74) is 7.02. The number of nitrogens with zero attached hydrogens (tertiary/aromatic N) is 1. The Morgan fingerprint density at radius 1 is 1.41 bits per heavy atom. The van der Waals surface area contributed by atoms with Gasteiger partial charge < -0.3 is 10.5 Å². The third kappa shape index (κ3) is 2.82. The molecule has 0 aliphatic rings. The minimum absolute atomic E-state index is 0.236. The molecule has 0 fully saturated rings. The van der Waals surface area contributed by atoms with Gasteiger partial charge in [0.25, 0.3) is 0 Å². The Morgan fingerprint density at radius 2 is 2.24 bits per heavy atom. The van der Waals surface area contributed by atoms with Gasteiger partial charge in [-0.25, -0.2) is 9.37 Å². The van der Waals surface area contributed by atoms with Crippen LogP contribution in [-0.2, 0) is 0 Å². The van der Waals surface area contributed by atoms with Gasteiger partial charge in [0, 0.05) is 5.38 Å². The average molecular weight is 250 g/mol. The van der Waals surface area contributed by atoms with Crippen LogP contribution in [0, 0.1) is 5.82 Å². The Bertz CT molecular complexity index is 551. The molecule has 88 valence electrons. The molecule has 0 spiro atoms. The van der Waals surface area contributed by atoms with E-state index in [-0.39, 0.29) is 11.6 Å². The van der Waals surface area contributed by atoms with Gasteiger partial charge in [-0.1, -0.05) is 12.1 Å². The van der Waals surface area contributed by atoms with E-state index in [0.717, 1.165) is 11.3 Å². The molecule has 17 heavy (non-hydrogen) atoms. The van der Waals surface area contributed by atoms with E-state index in [1.165, 1.54) is 24.5 Å². The van der Waals surface area contributed by atoms with Gasteiger partial charge in [-0.2, -0.15) is 0 Å². The minimum atomic E-state index is -0.382. The molecule has 0 saturated heterocycles. The molecule has 5 heteroatoms. The van der Waals surface area contributed by atoms with E-state index in [4.69, 9.17) is 10.5 Å². The van der Waals surface area contributed by atoms with Crippen LogP contribution in [0.15, 0.2) is 23.6 Å². The van der Waals surface area contributed by atoms with Crippen LogP contribution in [0.25, 0.3) is 12.2 Å². The van der Waals surface area contributed by atoms with E-state index in [9.17, 15) is 4.39 Å². The lowest BCUT2D eigenvalue weighted by atomic mass is 10.2. The highest BCUT2D eigenvalue weighted by Gasteiger charge is 2.01. The van der Waals surface area contributed by atoms with Crippen LogP contribution >= 0.6 is 11.3 Å². The van der Waals surface area contributed by atoms with Gasteiger partial charge in [0.1, 0.15) is 0 Å². The van der Waals surface area contributed by atoms with Crippen molar-refractivity contribution >= 4 is 28.6 Å². The van der Waals surface area contributed by atoms with Crippen LogP contribution < -0.4 is 10.5 Å². The summed E-state index contributed by atoms with van der Waals surface area (Å²) in [5.74, 6) is -0.146. The number of thiazole rings is 1. The average Bonchev–Trinajstić information content (AvgIpc) is 2.73. The molecule has 0 unspecified atom stereocenters. The fraction of sp³-hybridized carbons (Fsp3) is 0.0833. The number of hydrogen-bond donors (Lipinski definition) is 1. The Balaban J connectivity index is 2.19. The fourth-order valence-electron chi connectivity index (χ4n) is 1.35. The van der Waals surface area contributed by atoms with E-state index in [0.29, 0.717) is 5.13 Å². The largest absolute Gasteiger partial charge is 0.494 e. The van der Waals surface area contributed by atoms with Crippen molar-refractivity contribution in [2.45, 2.75) is 0 Å². The second kappa shape index (κ2) is 4.97. The van der Waals surface area contributed by atoms with Gasteiger partial charge in [-0.3, -0.25) is 0 Å². The number of aromatic nitrogens is 1. The van der Waals surface area contributed by atoms with Crippen LogP contribution in [0.5, 0.6) is 5.75 Å². The number of ether oxygens (including phenoxy) is 1. The lowest BCUT2D eigenvalue weighted by molar-refractivity contribution is 0.386. The van der Waals surface area contributed by atoms with Crippen molar-refractivity contribution in [1.29, 1.82) is 0 Å². The number of rotatable bonds is 3. The van der Waals surface area contributed by atoms with Crippen LogP contribution in [0.4, 0.5) is 9.52 Å². The highest BCUT2D eigenvalue weighted by molar-refractivity contribution is 7.13. The molecule has 0 aliphatic carbocycles. The lowest BCUT2D eigenvalue weighted by Gasteiger charge is -2.01. The first-order valence-corrected chi connectivity index (χ1v) is 5.79. The fourth-order valence-corrected chi connectivity index (χ4v) is 1.88. The quantitative estimate of drug-likeness (QED) is 0.910. The summed E-state index contributed by atoms with van der Waals surface area (Å²) < 4.78 is 18.2. The maximum Gasteiger partial charge on any atom is 0.180 e. The molecule has 2 aromatic rings. The van der Waals surface area contributed by atoms with E-state index in [1.54, 1.807) is 24.3 Å². The van der Waals surface area contributed by atoms with Gasteiger partial charge in [0.2, 0.25) is 0 Å². The van der Waals surface area contributed by atoms with Gasteiger partial charge in [0.05, 0.1) is 12.8 Å². The molecule has 0 saturated carbocycles. The summed E-state index contributed by atoms with van der Waals surface area (Å²) in [7, 11) is 1.44. The van der Waals surface area contributed by atoms with Gasteiger partial charge in [-0.15, -0.1) is 11.3 Å². The number of nitrogens with two attached hydrogens (primary N) is 1. The van der Waals surface area contributed by atoms with E-state index >= 15 is 0 Å². The first-order valence-electron chi connectivity index (χ1n) is 4.91. The molecule has 0 radical (unpaired) electrons. The Hall–Kier alpha value is -1.88. The van der Waals surface area contributed by atoms with Gasteiger partial charge in [0.15, 0.2) is 16.7 Å². The Labute approximate surface area is 102 Å². The third-order valence-corrected chi connectivity index (χ3v) is 2.85. The number of nitrogen functional groups attached to an aromatic ring is 1. The second-order valence-electron chi connectivity index (χ2n) is 3.34. The topological polar surface area (TPSA) is 48.1 Å². The molecule has 1 aromatic heterocycles. The second-order valence-corrected chi connectivity index (χ2v) is 4.23. The zero-order chi connectivity index (χ0) is 12.3. The molecule has 3 nitrogen and oxygen atoms in total. The monoisotopic (exact) mass is 250 g/mol. The number of benzene rings is 1. The summed E-state index contributed by atoms with van der Waals surface area (Å²) in [6.07, 6.45) is 3.56. The van der Waals surface area contributed by atoms with Crippen LogP contribution in [-0.4, -0.2) is 12.1 Å². The zero-order valence-electron chi connectivity index (χ0n) is 9.18. The zero-order valence-corrected chi connectivity index (χ0v) is 10.00. The van der Waals surface area contributed by atoms with Crippen molar-refractivity contribution in [2.24, 2.45) is 0 Å². The van der Waals surface area contributed by atoms with Crippen LogP contribution in [0.3, 0.4) is 0 Å². The lowest BCUT2D eigenvalue weighted by Crippen LogP contribution is -1.87. The summed E-state index contributed by atoms with van der Waals surface area (Å²) in [6.45, 7) is 0. The van der Waals surface area contributed by atoms with Crippen molar-refractivity contribution in [3.05, 3.63) is 40.7 Å². The Kier molecular flexibility index (Phi) is 3.39. The molecular formula is C12H11FN2OS. The minimum Gasteiger partial charge on any atom is -0.494 e. The van der Waals surface area contributed by atoms with Crippen LogP contribution in [0.2, 0.25) is 0 Å². The maximum absolute atomic E-state index is 13.4. The summed E-state index contributed by atoms with van der Waals surface area (Å²) >= 11 is 1.37. The van der Waals surface area contributed by atoms with Crippen molar-refractivity contribution < 1.29 is 9.13 Å². The molecule has 2 N–H and O–H groups in total.